The minimum Gasteiger partial charge on any atom is -0.497 e. The molecule has 0 N–H and O–H groups in total. The number of hydrogen-bond donors (Lipinski definition) is 0. The highest BCUT2D eigenvalue weighted by molar-refractivity contribution is 8.00. The number of carbonyl (C=O) groups excluding carboxylic acids is 1. The van der Waals surface area contributed by atoms with Crippen LogP contribution in [0.25, 0.3) is 0 Å². The predicted molar refractivity (Wildman–Crippen MR) is 103 cm³/mol. The number of methoxy groups -OCH3 is 2. The Bertz CT molecular complexity index is 856. The second-order valence-electron chi connectivity index (χ2n) is 6.30. The molecular weight excluding hydrogens is 366 g/mol. The van der Waals surface area contributed by atoms with Crippen molar-refractivity contribution in [1.82, 2.24) is 4.90 Å². The highest BCUT2D eigenvalue weighted by Gasteiger charge is 2.34. The third-order valence-corrected chi connectivity index (χ3v) is 5.99. The molecule has 0 bridgehead atoms. The number of thioether (sulfide) groups is 1. The molecule has 27 heavy (non-hydrogen) atoms. The van der Waals surface area contributed by atoms with Gasteiger partial charge in [0, 0.05) is 18.2 Å². The van der Waals surface area contributed by atoms with Gasteiger partial charge in [-0.15, -0.1) is 11.8 Å². The van der Waals surface area contributed by atoms with Gasteiger partial charge >= 0.3 is 0 Å². The van der Waals surface area contributed by atoms with E-state index < -0.39 is 0 Å². The first-order valence-corrected chi connectivity index (χ1v) is 9.76. The Balaban J connectivity index is 1.52. The van der Waals surface area contributed by atoms with Crippen molar-refractivity contribution in [1.29, 1.82) is 0 Å². The van der Waals surface area contributed by atoms with Gasteiger partial charge in [-0.3, -0.25) is 4.79 Å². The molecule has 0 spiro atoms. The molecule has 7 heteroatoms. The van der Waals surface area contributed by atoms with Crippen LogP contribution < -0.4 is 18.9 Å². The summed E-state index contributed by atoms with van der Waals surface area (Å²) in [4.78, 5) is 14.4. The molecule has 6 nitrogen and oxygen atoms in total. The maximum Gasteiger partial charge on any atom is 0.233 e. The van der Waals surface area contributed by atoms with E-state index in [0.717, 1.165) is 40.5 Å². The van der Waals surface area contributed by atoms with Crippen LogP contribution in [-0.2, 0) is 11.2 Å². The van der Waals surface area contributed by atoms with Gasteiger partial charge in [-0.25, -0.2) is 0 Å². The van der Waals surface area contributed by atoms with E-state index in [2.05, 4.69) is 0 Å². The number of nitrogens with zero attached hydrogens (tertiary/aromatic N) is 1. The number of hydrogen-bond acceptors (Lipinski definition) is 6. The number of fused-ring (bicyclic) bond motifs is 1. The van der Waals surface area contributed by atoms with Crippen LogP contribution >= 0.6 is 11.8 Å². The highest BCUT2D eigenvalue weighted by atomic mass is 32.2. The minimum atomic E-state index is -0.0626. The lowest BCUT2D eigenvalue weighted by Gasteiger charge is -2.25. The summed E-state index contributed by atoms with van der Waals surface area (Å²) in [7, 11) is 3.26. The summed E-state index contributed by atoms with van der Waals surface area (Å²) in [5.41, 5.74) is 2.10. The summed E-state index contributed by atoms with van der Waals surface area (Å²) in [6, 6.07) is 11.7. The average Bonchev–Trinajstić information content (AvgIpc) is 3.31. The van der Waals surface area contributed by atoms with Gasteiger partial charge in [0.2, 0.25) is 12.7 Å². The van der Waals surface area contributed by atoms with Crippen molar-refractivity contribution in [2.75, 3.05) is 33.3 Å². The minimum absolute atomic E-state index is 0.0626. The normalized spacial score (nSPS) is 18.1. The Morgan fingerprint density at radius 3 is 2.78 bits per heavy atom. The quantitative estimate of drug-likeness (QED) is 0.758. The summed E-state index contributed by atoms with van der Waals surface area (Å²) in [5, 5.41) is -0.0626. The molecule has 1 amide bonds. The fourth-order valence-corrected chi connectivity index (χ4v) is 4.57. The summed E-state index contributed by atoms with van der Waals surface area (Å²) in [6.07, 6.45) is 0.748. The van der Waals surface area contributed by atoms with Crippen LogP contribution in [0.5, 0.6) is 23.0 Å². The molecule has 0 aliphatic carbocycles. The number of carbonyl (C=O) groups is 1. The van der Waals surface area contributed by atoms with E-state index in [0.29, 0.717) is 12.3 Å². The second kappa shape index (κ2) is 7.60. The molecule has 2 heterocycles. The average molecular weight is 387 g/mol. The maximum absolute atomic E-state index is 12.5. The van der Waals surface area contributed by atoms with Gasteiger partial charge in [0.15, 0.2) is 11.5 Å². The zero-order chi connectivity index (χ0) is 18.8. The molecular formula is C20H21NO5S. The molecule has 2 aromatic rings. The Kier molecular flexibility index (Phi) is 5.03. The van der Waals surface area contributed by atoms with E-state index in [1.807, 2.05) is 41.3 Å². The van der Waals surface area contributed by atoms with Crippen molar-refractivity contribution in [3.8, 4) is 23.0 Å². The van der Waals surface area contributed by atoms with Crippen LogP contribution in [0.3, 0.4) is 0 Å². The first kappa shape index (κ1) is 17.9. The van der Waals surface area contributed by atoms with Gasteiger partial charge in [0.25, 0.3) is 0 Å². The third-order valence-electron chi connectivity index (χ3n) is 4.75. The lowest BCUT2D eigenvalue weighted by Crippen LogP contribution is -2.30. The summed E-state index contributed by atoms with van der Waals surface area (Å²) >= 11 is 1.62. The van der Waals surface area contributed by atoms with E-state index in [-0.39, 0.29) is 18.1 Å². The molecule has 1 fully saturated rings. The Morgan fingerprint density at radius 2 is 1.96 bits per heavy atom. The van der Waals surface area contributed by atoms with Crippen molar-refractivity contribution < 1.29 is 23.7 Å². The Labute approximate surface area is 162 Å². The number of ether oxygens (including phenoxy) is 4. The van der Waals surface area contributed by atoms with Crippen LogP contribution in [0, 0.1) is 0 Å². The van der Waals surface area contributed by atoms with E-state index >= 15 is 0 Å². The summed E-state index contributed by atoms with van der Waals surface area (Å²) in [5.74, 6) is 3.62. The Morgan fingerprint density at radius 1 is 1.11 bits per heavy atom. The largest absolute Gasteiger partial charge is 0.497 e. The van der Waals surface area contributed by atoms with E-state index in [4.69, 9.17) is 18.9 Å². The summed E-state index contributed by atoms with van der Waals surface area (Å²) in [6.45, 7) is 0.894. The Hall–Kier alpha value is -2.54. The van der Waals surface area contributed by atoms with Gasteiger partial charge in [-0.2, -0.15) is 0 Å². The molecule has 0 radical (unpaired) electrons. The van der Waals surface area contributed by atoms with Crippen molar-refractivity contribution in [3.63, 3.8) is 0 Å². The zero-order valence-electron chi connectivity index (χ0n) is 15.3. The van der Waals surface area contributed by atoms with Crippen LogP contribution in [0.4, 0.5) is 0 Å². The van der Waals surface area contributed by atoms with Crippen molar-refractivity contribution >= 4 is 17.7 Å². The van der Waals surface area contributed by atoms with Crippen molar-refractivity contribution in [3.05, 3.63) is 47.5 Å². The van der Waals surface area contributed by atoms with E-state index in [1.165, 1.54) is 0 Å². The van der Waals surface area contributed by atoms with Crippen molar-refractivity contribution in [2.45, 2.75) is 11.8 Å². The molecule has 2 aliphatic heterocycles. The van der Waals surface area contributed by atoms with Crippen molar-refractivity contribution in [2.24, 2.45) is 0 Å². The highest BCUT2D eigenvalue weighted by Crippen LogP contribution is 2.43. The lowest BCUT2D eigenvalue weighted by molar-refractivity contribution is -0.128. The lowest BCUT2D eigenvalue weighted by atomic mass is 10.1. The molecule has 1 saturated heterocycles. The topological polar surface area (TPSA) is 57.2 Å². The monoisotopic (exact) mass is 387 g/mol. The van der Waals surface area contributed by atoms with Gasteiger partial charge in [0.1, 0.15) is 16.9 Å². The molecule has 4 rings (SSSR count). The molecule has 2 aromatic carbocycles. The number of rotatable bonds is 6. The molecule has 2 aliphatic rings. The molecule has 142 valence electrons. The second-order valence-corrected chi connectivity index (χ2v) is 7.36. The van der Waals surface area contributed by atoms with Crippen LogP contribution in [0.1, 0.15) is 16.5 Å². The summed E-state index contributed by atoms with van der Waals surface area (Å²) < 4.78 is 21.6. The fraction of sp³-hybridized carbons (Fsp3) is 0.350. The van der Waals surface area contributed by atoms with E-state index in [9.17, 15) is 4.79 Å². The van der Waals surface area contributed by atoms with Gasteiger partial charge in [-0.1, -0.05) is 6.07 Å². The van der Waals surface area contributed by atoms with Gasteiger partial charge in [-0.05, 0) is 36.2 Å². The van der Waals surface area contributed by atoms with Gasteiger partial charge < -0.3 is 23.8 Å². The number of benzene rings is 2. The third kappa shape index (κ3) is 3.51. The fourth-order valence-electron chi connectivity index (χ4n) is 3.32. The van der Waals surface area contributed by atoms with Crippen LogP contribution in [-0.4, -0.2) is 44.1 Å². The maximum atomic E-state index is 12.5. The first-order valence-electron chi connectivity index (χ1n) is 8.71. The van der Waals surface area contributed by atoms with Gasteiger partial charge in [0.05, 0.1) is 20.0 Å². The first-order chi connectivity index (χ1) is 13.2. The van der Waals surface area contributed by atoms with E-state index in [1.54, 1.807) is 26.0 Å². The molecule has 0 saturated carbocycles. The van der Waals surface area contributed by atoms with Crippen LogP contribution in [0.2, 0.25) is 0 Å². The number of amides is 1. The molecule has 0 aromatic heterocycles. The zero-order valence-corrected chi connectivity index (χ0v) is 16.1. The smallest absolute Gasteiger partial charge is 0.233 e. The van der Waals surface area contributed by atoms with Crippen LogP contribution in [0.15, 0.2) is 36.4 Å². The predicted octanol–water partition coefficient (Wildman–Crippen LogP) is 3.25. The SMILES string of the molecule is COc1ccc(C2SCC(=O)N2CCc2ccc3c(c2)OCO3)c(OC)c1. The molecule has 1 unspecified atom stereocenters. The molecule has 1 atom stereocenters. The standard InChI is InChI=1S/C20H21NO5S/c1-23-14-4-5-15(17(10-14)24-2)20-21(19(22)11-27-20)8-7-13-3-6-16-18(9-13)26-12-25-16/h3-6,9-10,20H,7-8,11-12H2,1-2H3.